The van der Waals surface area contributed by atoms with E-state index in [2.05, 4.69) is 10.3 Å². The number of benzene rings is 2. The summed E-state index contributed by atoms with van der Waals surface area (Å²) in [6.45, 7) is 6.88. The summed E-state index contributed by atoms with van der Waals surface area (Å²) in [5, 5.41) is 3.96. The number of carbonyl (C=O) groups is 2. The van der Waals surface area contributed by atoms with Crippen molar-refractivity contribution in [1.29, 1.82) is 0 Å². The van der Waals surface area contributed by atoms with Crippen molar-refractivity contribution in [2.45, 2.75) is 20.8 Å². The molecule has 1 heterocycles. The van der Waals surface area contributed by atoms with Crippen molar-refractivity contribution >= 4 is 40.4 Å². The predicted molar refractivity (Wildman–Crippen MR) is 119 cm³/mol. The monoisotopic (exact) mass is 427 g/mol. The van der Waals surface area contributed by atoms with Gasteiger partial charge >= 0.3 is 0 Å². The van der Waals surface area contributed by atoms with E-state index in [0.717, 1.165) is 10.6 Å². The van der Waals surface area contributed by atoms with Gasteiger partial charge in [-0.25, -0.2) is 4.98 Å². The number of hydrogen-bond acceptors (Lipinski definition) is 4. The normalized spacial score (nSPS) is 10.6. The lowest BCUT2D eigenvalue weighted by Gasteiger charge is -2.19. The minimum Gasteiger partial charge on any atom is -0.339 e. The molecule has 0 fully saturated rings. The number of thiazole rings is 1. The first kappa shape index (κ1) is 21.0. The largest absolute Gasteiger partial charge is 0.339 e. The smallest absolute Gasteiger partial charge is 0.267 e. The fraction of sp³-hybridized carbons (Fsp3) is 0.227. The molecule has 0 spiro atoms. The third kappa shape index (κ3) is 4.66. The second-order valence-corrected chi connectivity index (χ2v) is 7.83. The minimum absolute atomic E-state index is 0.122. The van der Waals surface area contributed by atoms with Gasteiger partial charge in [-0.3, -0.25) is 9.59 Å². The molecule has 0 radical (unpaired) electrons. The van der Waals surface area contributed by atoms with E-state index < -0.39 is 0 Å². The molecule has 2 amide bonds. The van der Waals surface area contributed by atoms with Gasteiger partial charge in [-0.15, -0.1) is 11.3 Å². The highest BCUT2D eigenvalue weighted by Gasteiger charge is 2.19. The highest BCUT2D eigenvalue weighted by atomic mass is 35.5. The van der Waals surface area contributed by atoms with E-state index in [4.69, 9.17) is 11.6 Å². The van der Waals surface area contributed by atoms with Crippen LogP contribution in [-0.4, -0.2) is 34.8 Å². The summed E-state index contributed by atoms with van der Waals surface area (Å²) in [7, 11) is 0. The van der Waals surface area contributed by atoms with Crippen molar-refractivity contribution in [1.82, 2.24) is 9.88 Å². The zero-order valence-electron chi connectivity index (χ0n) is 16.5. The van der Waals surface area contributed by atoms with Gasteiger partial charge in [-0.1, -0.05) is 41.9 Å². The van der Waals surface area contributed by atoms with Crippen LogP contribution in [0.5, 0.6) is 0 Å². The topological polar surface area (TPSA) is 62.3 Å². The van der Waals surface area contributed by atoms with Crippen molar-refractivity contribution in [2.24, 2.45) is 0 Å². The number of nitrogens with zero attached hydrogens (tertiary/aromatic N) is 2. The van der Waals surface area contributed by atoms with Crippen LogP contribution in [0.1, 0.15) is 39.6 Å². The molecule has 0 aliphatic heterocycles. The standard InChI is InChI=1S/C22H22ClN3O2S/c1-4-26(5-2)22(28)17-12-11-16(13-18(17)23)25-20(27)19-14(3)24-21(29-19)15-9-7-6-8-10-15/h6-13H,4-5H2,1-3H3,(H,25,27). The van der Waals surface area contributed by atoms with Crippen LogP contribution in [-0.2, 0) is 0 Å². The maximum absolute atomic E-state index is 12.8. The molecule has 29 heavy (non-hydrogen) atoms. The van der Waals surface area contributed by atoms with Crippen LogP contribution in [0, 0.1) is 6.92 Å². The Balaban J connectivity index is 1.79. The Kier molecular flexibility index (Phi) is 6.67. The minimum atomic E-state index is -0.249. The van der Waals surface area contributed by atoms with Gasteiger partial charge in [0, 0.05) is 24.3 Å². The van der Waals surface area contributed by atoms with Gasteiger partial charge in [-0.2, -0.15) is 0 Å². The molecule has 0 aliphatic rings. The summed E-state index contributed by atoms with van der Waals surface area (Å²) in [6, 6.07) is 14.7. The fourth-order valence-electron chi connectivity index (χ4n) is 2.95. The Morgan fingerprint density at radius 2 is 1.79 bits per heavy atom. The van der Waals surface area contributed by atoms with E-state index in [-0.39, 0.29) is 11.8 Å². The average molecular weight is 428 g/mol. The molecular weight excluding hydrogens is 406 g/mol. The second kappa shape index (κ2) is 9.20. The Morgan fingerprint density at radius 1 is 1.10 bits per heavy atom. The van der Waals surface area contributed by atoms with Gasteiger partial charge in [0.1, 0.15) is 9.88 Å². The molecule has 0 aliphatic carbocycles. The summed E-state index contributed by atoms with van der Waals surface area (Å²) < 4.78 is 0. The molecule has 1 aromatic heterocycles. The number of nitrogens with one attached hydrogen (secondary N) is 1. The first-order valence-electron chi connectivity index (χ1n) is 9.37. The molecule has 7 heteroatoms. The predicted octanol–water partition coefficient (Wildman–Crippen LogP) is 5.51. The molecule has 150 valence electrons. The lowest BCUT2D eigenvalue weighted by atomic mass is 10.1. The molecule has 0 saturated carbocycles. The number of amides is 2. The van der Waals surface area contributed by atoms with Crippen LogP contribution >= 0.6 is 22.9 Å². The van der Waals surface area contributed by atoms with Gasteiger partial charge in [0.25, 0.3) is 11.8 Å². The summed E-state index contributed by atoms with van der Waals surface area (Å²) in [5.41, 5.74) is 2.60. The zero-order valence-corrected chi connectivity index (χ0v) is 18.1. The van der Waals surface area contributed by atoms with E-state index in [1.165, 1.54) is 11.3 Å². The Labute approximate surface area is 179 Å². The van der Waals surface area contributed by atoms with E-state index in [1.807, 2.05) is 51.1 Å². The van der Waals surface area contributed by atoms with Gasteiger partial charge < -0.3 is 10.2 Å². The number of anilines is 1. The Bertz CT molecular complexity index is 1030. The fourth-order valence-corrected chi connectivity index (χ4v) is 4.17. The number of halogens is 1. The molecule has 2 aromatic carbocycles. The van der Waals surface area contributed by atoms with E-state index in [0.29, 0.717) is 39.9 Å². The summed E-state index contributed by atoms with van der Waals surface area (Å²) >= 11 is 7.66. The lowest BCUT2D eigenvalue weighted by Crippen LogP contribution is -2.30. The average Bonchev–Trinajstić information content (AvgIpc) is 3.11. The van der Waals surface area contributed by atoms with Gasteiger partial charge in [0.15, 0.2) is 0 Å². The van der Waals surface area contributed by atoms with E-state index >= 15 is 0 Å². The third-order valence-corrected chi connectivity index (χ3v) is 6.05. The van der Waals surface area contributed by atoms with Gasteiger partial charge in [0.05, 0.1) is 16.3 Å². The number of carbonyl (C=O) groups excluding carboxylic acids is 2. The first-order valence-corrected chi connectivity index (χ1v) is 10.6. The highest BCUT2D eigenvalue weighted by Crippen LogP contribution is 2.29. The number of aromatic nitrogens is 1. The van der Waals surface area contributed by atoms with Crippen molar-refractivity contribution < 1.29 is 9.59 Å². The molecule has 3 aromatic rings. The van der Waals surface area contributed by atoms with Crippen molar-refractivity contribution in [3.63, 3.8) is 0 Å². The molecule has 0 unspecified atom stereocenters. The van der Waals surface area contributed by atoms with E-state index in [1.54, 1.807) is 23.1 Å². The Hall–Kier alpha value is -2.70. The van der Waals surface area contributed by atoms with Crippen LogP contribution in [0.2, 0.25) is 5.02 Å². The summed E-state index contributed by atoms with van der Waals surface area (Å²) in [5.74, 6) is -0.371. The van der Waals surface area contributed by atoms with Crippen LogP contribution in [0.4, 0.5) is 5.69 Å². The molecule has 3 rings (SSSR count). The number of hydrogen-bond donors (Lipinski definition) is 1. The molecular formula is C22H22ClN3O2S. The second-order valence-electron chi connectivity index (χ2n) is 6.43. The van der Waals surface area contributed by atoms with Crippen molar-refractivity contribution in [3.8, 4) is 10.6 Å². The first-order chi connectivity index (χ1) is 13.9. The molecule has 0 saturated heterocycles. The summed E-state index contributed by atoms with van der Waals surface area (Å²) in [6.07, 6.45) is 0. The third-order valence-electron chi connectivity index (χ3n) is 4.53. The Morgan fingerprint density at radius 3 is 2.41 bits per heavy atom. The van der Waals surface area contributed by atoms with Crippen LogP contribution < -0.4 is 5.32 Å². The molecule has 0 atom stereocenters. The van der Waals surface area contributed by atoms with Crippen molar-refractivity contribution in [2.75, 3.05) is 18.4 Å². The lowest BCUT2D eigenvalue weighted by molar-refractivity contribution is 0.0773. The maximum Gasteiger partial charge on any atom is 0.267 e. The number of rotatable bonds is 6. The number of aryl methyl sites for hydroxylation is 1. The molecule has 5 nitrogen and oxygen atoms in total. The van der Waals surface area contributed by atoms with Gasteiger partial charge in [0.2, 0.25) is 0 Å². The van der Waals surface area contributed by atoms with Gasteiger partial charge in [-0.05, 0) is 39.0 Å². The van der Waals surface area contributed by atoms with Crippen LogP contribution in [0.3, 0.4) is 0 Å². The zero-order chi connectivity index (χ0) is 21.0. The van der Waals surface area contributed by atoms with E-state index in [9.17, 15) is 9.59 Å². The highest BCUT2D eigenvalue weighted by molar-refractivity contribution is 7.17. The summed E-state index contributed by atoms with van der Waals surface area (Å²) in [4.78, 5) is 32.0. The van der Waals surface area contributed by atoms with Crippen LogP contribution in [0.25, 0.3) is 10.6 Å². The van der Waals surface area contributed by atoms with Crippen LogP contribution in [0.15, 0.2) is 48.5 Å². The van der Waals surface area contributed by atoms with Crippen molar-refractivity contribution in [3.05, 3.63) is 69.7 Å². The SMILES string of the molecule is CCN(CC)C(=O)c1ccc(NC(=O)c2sc(-c3ccccc3)nc2C)cc1Cl. The molecule has 1 N–H and O–H groups in total. The quantitative estimate of drug-likeness (QED) is 0.564. The maximum atomic E-state index is 12.8. The molecule has 0 bridgehead atoms.